The van der Waals surface area contributed by atoms with E-state index in [1.54, 1.807) is 4.68 Å². The fourth-order valence-corrected chi connectivity index (χ4v) is 5.35. The van der Waals surface area contributed by atoms with E-state index in [1.807, 2.05) is 24.1 Å². The summed E-state index contributed by atoms with van der Waals surface area (Å²) in [7, 11) is -1.03. The predicted octanol–water partition coefficient (Wildman–Crippen LogP) is 2.80. The zero-order valence-electron chi connectivity index (χ0n) is 16.0. The Morgan fingerprint density at radius 3 is 2.48 bits per heavy atom. The Morgan fingerprint density at radius 2 is 1.93 bits per heavy atom. The van der Waals surface area contributed by atoms with Crippen LogP contribution in [-0.2, 0) is 16.5 Å². The average molecular weight is 411 g/mol. The lowest BCUT2D eigenvalue weighted by atomic mass is 10.2. The molecule has 1 fully saturated rings. The van der Waals surface area contributed by atoms with Gasteiger partial charge in [0.25, 0.3) is 4.84 Å². The second kappa shape index (κ2) is 8.12. The number of rotatable bonds is 7. The third-order valence-corrected chi connectivity index (χ3v) is 7.08. The molecule has 7 nitrogen and oxygen atoms in total. The zero-order chi connectivity index (χ0) is 19.6. The van der Waals surface area contributed by atoms with E-state index in [1.165, 1.54) is 0 Å². The van der Waals surface area contributed by atoms with Crippen LogP contribution in [0.1, 0.15) is 20.3 Å². The molecule has 1 atom stereocenters. The summed E-state index contributed by atoms with van der Waals surface area (Å²) in [6, 6.07) is 8.05. The molecule has 0 amide bonds. The lowest BCUT2D eigenvalue weighted by Gasteiger charge is -2.22. The molecular formula is C18H26N4O3S2. The van der Waals surface area contributed by atoms with Gasteiger partial charge < -0.3 is 9.32 Å². The van der Waals surface area contributed by atoms with E-state index >= 15 is 0 Å². The Hall–Kier alpha value is -1.71. The smallest absolute Gasteiger partial charge is 0.288 e. The summed E-state index contributed by atoms with van der Waals surface area (Å²) in [5, 5.41) is 4.48. The second-order valence-corrected chi connectivity index (χ2v) is 9.43. The summed E-state index contributed by atoms with van der Waals surface area (Å²) in [6.07, 6.45) is 0.643. The molecular weight excluding hydrogens is 384 g/mol. The van der Waals surface area contributed by atoms with Crippen molar-refractivity contribution in [1.29, 1.82) is 0 Å². The predicted molar refractivity (Wildman–Crippen MR) is 109 cm³/mol. The Kier molecular flexibility index (Phi) is 6.02. The quantitative estimate of drug-likeness (QED) is 0.650. The minimum atomic E-state index is -2.92. The molecule has 1 aliphatic heterocycles. The maximum atomic E-state index is 11.7. The number of benzene rings is 1. The van der Waals surface area contributed by atoms with Gasteiger partial charge in [-0.1, -0.05) is 0 Å². The highest BCUT2D eigenvalue weighted by Gasteiger charge is 2.31. The van der Waals surface area contributed by atoms with Gasteiger partial charge in [0.15, 0.2) is 9.84 Å². The summed E-state index contributed by atoms with van der Waals surface area (Å²) >= 11 is 5.30. The van der Waals surface area contributed by atoms with E-state index in [0.717, 1.165) is 24.3 Å². The van der Waals surface area contributed by atoms with Gasteiger partial charge >= 0.3 is 0 Å². The molecule has 0 saturated carbocycles. The molecule has 0 bridgehead atoms. The van der Waals surface area contributed by atoms with Crippen molar-refractivity contribution in [2.45, 2.75) is 33.0 Å². The first-order valence-corrected chi connectivity index (χ1v) is 11.4. The number of hydrogen-bond acceptors (Lipinski definition) is 7. The number of nitrogens with zero attached hydrogens (tertiary/aromatic N) is 4. The van der Waals surface area contributed by atoms with Crippen LogP contribution < -0.4 is 4.90 Å². The first kappa shape index (κ1) is 20.0. The zero-order valence-corrected chi connectivity index (χ0v) is 17.6. The Morgan fingerprint density at radius 1 is 1.26 bits per heavy atom. The first-order chi connectivity index (χ1) is 12.8. The number of hydrogen-bond donors (Lipinski definition) is 0. The molecule has 9 heteroatoms. The van der Waals surface area contributed by atoms with E-state index in [9.17, 15) is 8.42 Å². The molecule has 27 heavy (non-hydrogen) atoms. The highest BCUT2D eigenvalue weighted by Crippen LogP contribution is 2.23. The summed E-state index contributed by atoms with van der Waals surface area (Å²) < 4.78 is 30.6. The number of aromatic nitrogens is 2. The van der Waals surface area contributed by atoms with Gasteiger partial charge in [-0.3, -0.25) is 4.90 Å². The second-order valence-electron chi connectivity index (χ2n) is 6.85. The molecule has 2 aromatic rings. The van der Waals surface area contributed by atoms with E-state index < -0.39 is 9.84 Å². The van der Waals surface area contributed by atoms with Crippen molar-refractivity contribution in [3.8, 4) is 11.5 Å². The van der Waals surface area contributed by atoms with Crippen LogP contribution in [0, 0.1) is 4.84 Å². The highest BCUT2D eigenvalue weighted by molar-refractivity contribution is 7.91. The molecule has 0 aliphatic carbocycles. The maximum absolute atomic E-state index is 11.7. The first-order valence-electron chi connectivity index (χ1n) is 9.17. The molecule has 1 aromatic heterocycles. The van der Waals surface area contributed by atoms with Crippen LogP contribution in [0.5, 0.6) is 0 Å². The van der Waals surface area contributed by atoms with Crippen LogP contribution in [0.25, 0.3) is 11.5 Å². The lowest BCUT2D eigenvalue weighted by Crippen LogP contribution is -2.34. The normalized spacial score (nSPS) is 18.9. The SMILES string of the molecule is CCN(CC)c1ccc(-c2nn(CN(C)C3CCS(=O)(=O)C3)c(=S)o2)cc1. The van der Waals surface area contributed by atoms with Crippen molar-refractivity contribution in [1.82, 2.24) is 14.7 Å². The van der Waals surface area contributed by atoms with Gasteiger partial charge in [0.05, 0.1) is 18.2 Å². The van der Waals surface area contributed by atoms with Crippen molar-refractivity contribution in [3.63, 3.8) is 0 Å². The standard InChI is InChI=1S/C18H26N4O3S2/c1-4-21(5-2)15-8-6-14(7-9-15)17-19-22(18(26)25-17)13-20(3)16-10-11-27(23,24)12-16/h6-9,16H,4-5,10-13H2,1-3H3. The van der Waals surface area contributed by atoms with E-state index in [-0.39, 0.29) is 22.4 Å². The largest absolute Gasteiger partial charge is 0.409 e. The molecule has 1 aliphatic rings. The van der Waals surface area contributed by atoms with Crippen LogP contribution in [0.3, 0.4) is 0 Å². The number of sulfone groups is 1. The average Bonchev–Trinajstić information content (AvgIpc) is 3.19. The van der Waals surface area contributed by atoms with Crippen LogP contribution in [0.4, 0.5) is 5.69 Å². The molecule has 0 spiro atoms. The number of anilines is 1. The van der Waals surface area contributed by atoms with Crippen molar-refractivity contribution in [3.05, 3.63) is 29.1 Å². The molecule has 2 heterocycles. The molecule has 1 unspecified atom stereocenters. The lowest BCUT2D eigenvalue weighted by molar-refractivity contribution is 0.194. The van der Waals surface area contributed by atoms with Crippen molar-refractivity contribution >= 4 is 27.7 Å². The maximum Gasteiger partial charge on any atom is 0.288 e. The minimum absolute atomic E-state index is 0.00889. The molecule has 0 N–H and O–H groups in total. The summed E-state index contributed by atoms with van der Waals surface area (Å²) in [5.41, 5.74) is 2.02. The summed E-state index contributed by atoms with van der Waals surface area (Å²) in [5.74, 6) is 0.906. The third kappa shape index (κ3) is 4.59. The fraction of sp³-hybridized carbons (Fsp3) is 0.556. The van der Waals surface area contributed by atoms with Crippen LogP contribution in [-0.4, -0.2) is 60.8 Å². The van der Waals surface area contributed by atoms with E-state index in [4.69, 9.17) is 16.6 Å². The monoisotopic (exact) mass is 410 g/mol. The molecule has 3 rings (SSSR count). The van der Waals surface area contributed by atoms with Crippen LogP contribution in [0.15, 0.2) is 28.7 Å². The van der Waals surface area contributed by atoms with Gasteiger partial charge in [0.2, 0.25) is 5.89 Å². The van der Waals surface area contributed by atoms with Crippen molar-refractivity contribution in [2.75, 3.05) is 36.5 Å². The van der Waals surface area contributed by atoms with Crippen LogP contribution in [0.2, 0.25) is 0 Å². The van der Waals surface area contributed by atoms with E-state index in [2.05, 4.69) is 36.0 Å². The van der Waals surface area contributed by atoms with Gasteiger partial charge in [-0.25, -0.2) is 13.1 Å². The molecule has 0 radical (unpaired) electrons. The van der Waals surface area contributed by atoms with E-state index in [0.29, 0.717) is 19.0 Å². The Bertz CT molecular complexity index is 930. The van der Waals surface area contributed by atoms with Gasteiger partial charge in [0.1, 0.15) is 0 Å². The van der Waals surface area contributed by atoms with Crippen LogP contribution >= 0.6 is 12.2 Å². The highest BCUT2D eigenvalue weighted by atomic mass is 32.2. The summed E-state index contributed by atoms with van der Waals surface area (Å²) in [6.45, 7) is 6.57. The Balaban J connectivity index is 1.73. The molecule has 148 valence electrons. The summed E-state index contributed by atoms with van der Waals surface area (Å²) in [4.78, 5) is 4.52. The van der Waals surface area contributed by atoms with Gasteiger partial charge in [-0.2, -0.15) is 0 Å². The van der Waals surface area contributed by atoms with Gasteiger partial charge in [-0.05, 0) is 63.8 Å². The third-order valence-electron chi connectivity index (χ3n) is 5.04. The van der Waals surface area contributed by atoms with Crippen molar-refractivity contribution in [2.24, 2.45) is 0 Å². The molecule has 1 saturated heterocycles. The van der Waals surface area contributed by atoms with Crippen molar-refractivity contribution < 1.29 is 12.8 Å². The molecule has 1 aromatic carbocycles. The topological polar surface area (TPSA) is 71.6 Å². The minimum Gasteiger partial charge on any atom is -0.409 e. The Labute approximate surface area is 165 Å². The fourth-order valence-electron chi connectivity index (χ4n) is 3.37. The van der Waals surface area contributed by atoms with Gasteiger partial charge in [0, 0.05) is 30.4 Å². The van der Waals surface area contributed by atoms with Gasteiger partial charge in [-0.15, -0.1) is 5.10 Å².